The van der Waals surface area contributed by atoms with Gasteiger partial charge < -0.3 is 10.1 Å². The number of sulfonamides is 1. The highest BCUT2D eigenvalue weighted by Gasteiger charge is 2.30. The fraction of sp³-hybridized carbons (Fsp3) is 0.167. The van der Waals surface area contributed by atoms with Gasteiger partial charge in [0.1, 0.15) is 11.8 Å². The summed E-state index contributed by atoms with van der Waals surface area (Å²) >= 11 is 0. The van der Waals surface area contributed by atoms with Gasteiger partial charge in [-0.1, -0.05) is 0 Å². The summed E-state index contributed by atoms with van der Waals surface area (Å²) in [5, 5.41) is 15.0. The number of nitro groups is 1. The van der Waals surface area contributed by atoms with Crippen LogP contribution in [-0.4, -0.2) is 18.3 Å². The predicted molar refractivity (Wildman–Crippen MR) is 50.0 cm³/mol. The second-order valence-electron chi connectivity index (χ2n) is 2.85. The molecule has 17 heavy (non-hydrogen) atoms. The van der Waals surface area contributed by atoms with E-state index < -0.39 is 43.1 Å². The quantitative estimate of drug-likeness (QED) is 0.581. The third kappa shape index (κ3) is 2.45. The minimum atomic E-state index is -4.78. The summed E-state index contributed by atoms with van der Waals surface area (Å²) in [7, 11) is -4.78. The van der Waals surface area contributed by atoms with E-state index in [2.05, 4.69) is 5.14 Å². The lowest BCUT2D eigenvalue weighted by atomic mass is 10.3. The topological polar surface area (TPSA) is 136 Å². The number of nitrogens with one attached hydrogen (secondary N) is 1. The third-order valence-corrected chi connectivity index (χ3v) is 2.70. The normalized spacial score (nSPS) is 11.8. The van der Waals surface area contributed by atoms with Gasteiger partial charge in [0.25, 0.3) is 6.43 Å². The number of aromatic amines is 1. The molecule has 11 heteroatoms. The van der Waals surface area contributed by atoms with Crippen molar-refractivity contribution in [1.29, 1.82) is 0 Å². The number of hydrogen-bond acceptors (Lipinski definition) is 5. The SMILES string of the molecule is NS(=O)(=O)c1c([N+](=O)[O-])[nH]cc(C(F)F)c1=O. The Hall–Kier alpha value is -1.88. The lowest BCUT2D eigenvalue weighted by molar-refractivity contribution is -0.392. The highest BCUT2D eigenvalue weighted by atomic mass is 32.2. The molecule has 1 aromatic rings. The Morgan fingerprint density at radius 3 is 2.35 bits per heavy atom. The summed E-state index contributed by atoms with van der Waals surface area (Å²) < 4.78 is 46.5. The molecule has 1 aromatic heterocycles. The highest BCUT2D eigenvalue weighted by molar-refractivity contribution is 7.89. The number of H-pyrrole nitrogens is 1. The fourth-order valence-electron chi connectivity index (χ4n) is 1.08. The van der Waals surface area contributed by atoms with Crippen LogP contribution in [-0.2, 0) is 10.0 Å². The van der Waals surface area contributed by atoms with E-state index >= 15 is 0 Å². The number of primary sulfonamides is 1. The summed E-state index contributed by atoms with van der Waals surface area (Å²) in [4.78, 5) is 20.7. The largest absolute Gasteiger partial charge is 0.358 e. The number of rotatable bonds is 3. The zero-order chi connectivity index (χ0) is 13.4. The second kappa shape index (κ2) is 4.18. The molecule has 0 saturated carbocycles. The molecule has 0 fully saturated rings. The lowest BCUT2D eigenvalue weighted by Gasteiger charge is -2.03. The van der Waals surface area contributed by atoms with E-state index in [1.54, 1.807) is 4.98 Å². The average Bonchev–Trinajstić information content (AvgIpc) is 2.14. The van der Waals surface area contributed by atoms with E-state index in [1.165, 1.54) is 0 Å². The van der Waals surface area contributed by atoms with Crippen molar-refractivity contribution in [3.05, 3.63) is 32.1 Å². The monoisotopic (exact) mass is 269 g/mol. The van der Waals surface area contributed by atoms with Crippen LogP contribution >= 0.6 is 0 Å². The first-order chi connectivity index (χ1) is 7.66. The summed E-state index contributed by atoms with van der Waals surface area (Å²) in [5.41, 5.74) is -2.90. The minimum Gasteiger partial charge on any atom is -0.358 e. The van der Waals surface area contributed by atoms with Crippen LogP contribution < -0.4 is 10.6 Å². The number of alkyl halides is 2. The standard InChI is InChI=1S/C6H5F2N3O5S/c7-5(8)2-1-10-6(11(13)14)4(3(2)12)17(9,15)16/h1,5H,(H,10,12)(H2,9,15,16). The number of nitrogens with zero attached hydrogens (tertiary/aromatic N) is 1. The van der Waals surface area contributed by atoms with Crippen LogP contribution in [0.25, 0.3) is 0 Å². The van der Waals surface area contributed by atoms with Gasteiger partial charge in [0.05, 0.1) is 0 Å². The van der Waals surface area contributed by atoms with Gasteiger partial charge >= 0.3 is 5.82 Å². The Kier molecular flexibility index (Phi) is 3.24. The average molecular weight is 269 g/mol. The Labute approximate surface area is 92.3 Å². The van der Waals surface area contributed by atoms with E-state index in [9.17, 15) is 32.1 Å². The second-order valence-corrected chi connectivity index (χ2v) is 4.35. The van der Waals surface area contributed by atoms with Gasteiger partial charge in [-0.3, -0.25) is 4.79 Å². The number of hydrogen-bond donors (Lipinski definition) is 2. The van der Waals surface area contributed by atoms with Crippen LogP contribution in [0.4, 0.5) is 14.6 Å². The molecule has 3 N–H and O–H groups in total. The van der Waals surface area contributed by atoms with Crippen molar-refractivity contribution in [2.45, 2.75) is 11.3 Å². The maximum atomic E-state index is 12.3. The summed E-state index contributed by atoms with van der Waals surface area (Å²) in [6.07, 6.45) is -2.90. The van der Waals surface area contributed by atoms with Crippen molar-refractivity contribution in [3.63, 3.8) is 0 Å². The van der Waals surface area contributed by atoms with Crippen LogP contribution in [0.3, 0.4) is 0 Å². The summed E-state index contributed by atoms with van der Waals surface area (Å²) in [5.74, 6) is -1.25. The molecule has 0 aliphatic carbocycles. The molecule has 0 unspecified atom stereocenters. The van der Waals surface area contributed by atoms with Gasteiger partial charge in [-0.25, -0.2) is 27.3 Å². The third-order valence-electron chi connectivity index (χ3n) is 1.75. The van der Waals surface area contributed by atoms with Gasteiger partial charge in [0.2, 0.25) is 20.3 Å². The van der Waals surface area contributed by atoms with Crippen LogP contribution in [0.2, 0.25) is 0 Å². The summed E-state index contributed by atoms with van der Waals surface area (Å²) in [6, 6.07) is 0. The van der Waals surface area contributed by atoms with E-state index in [1.807, 2.05) is 0 Å². The molecule has 0 amide bonds. The zero-order valence-electron chi connectivity index (χ0n) is 7.88. The van der Waals surface area contributed by atoms with E-state index in [0.29, 0.717) is 6.20 Å². The number of pyridine rings is 1. The van der Waals surface area contributed by atoms with Crippen LogP contribution in [0, 0.1) is 10.1 Å². The molecule has 0 aliphatic rings. The van der Waals surface area contributed by atoms with E-state index in [0.717, 1.165) is 0 Å². The Bertz CT molecular complexity index is 623. The van der Waals surface area contributed by atoms with E-state index in [-0.39, 0.29) is 0 Å². The molecule has 0 saturated heterocycles. The fourth-order valence-corrected chi connectivity index (χ4v) is 1.86. The molecular formula is C6H5F2N3O5S. The molecule has 0 atom stereocenters. The van der Waals surface area contributed by atoms with Crippen molar-refractivity contribution >= 4 is 15.8 Å². The van der Waals surface area contributed by atoms with Crippen molar-refractivity contribution in [3.8, 4) is 0 Å². The van der Waals surface area contributed by atoms with Crippen molar-refractivity contribution in [1.82, 2.24) is 4.98 Å². The number of halogens is 2. The summed E-state index contributed by atoms with van der Waals surface area (Å²) in [6.45, 7) is 0. The Balaban J connectivity index is 3.79. The smallest absolute Gasteiger partial charge is 0.345 e. The molecule has 94 valence electrons. The maximum Gasteiger partial charge on any atom is 0.345 e. The van der Waals surface area contributed by atoms with Crippen LogP contribution in [0.15, 0.2) is 15.9 Å². The van der Waals surface area contributed by atoms with Gasteiger partial charge in [0, 0.05) is 0 Å². The first-order valence-electron chi connectivity index (χ1n) is 3.87. The van der Waals surface area contributed by atoms with Gasteiger partial charge in [-0.15, -0.1) is 0 Å². The zero-order valence-corrected chi connectivity index (χ0v) is 8.70. The van der Waals surface area contributed by atoms with Gasteiger partial charge in [0.15, 0.2) is 0 Å². The Morgan fingerprint density at radius 1 is 1.47 bits per heavy atom. The Morgan fingerprint density at radius 2 is 2.00 bits per heavy atom. The number of nitrogens with two attached hydrogens (primary N) is 1. The van der Waals surface area contributed by atoms with E-state index in [4.69, 9.17) is 0 Å². The maximum absolute atomic E-state index is 12.3. The highest BCUT2D eigenvalue weighted by Crippen LogP contribution is 2.20. The van der Waals surface area contributed by atoms with Gasteiger partial charge in [-0.2, -0.15) is 0 Å². The first kappa shape index (κ1) is 13.2. The molecule has 0 aliphatic heterocycles. The molecule has 1 rings (SSSR count). The molecule has 1 heterocycles. The molecule has 0 radical (unpaired) electrons. The first-order valence-corrected chi connectivity index (χ1v) is 5.41. The molecule has 0 aromatic carbocycles. The molecule has 0 spiro atoms. The molecule has 0 bridgehead atoms. The van der Waals surface area contributed by atoms with Gasteiger partial charge in [-0.05, 0) is 4.92 Å². The van der Waals surface area contributed by atoms with Crippen molar-refractivity contribution in [2.24, 2.45) is 5.14 Å². The van der Waals surface area contributed by atoms with Crippen molar-refractivity contribution in [2.75, 3.05) is 0 Å². The molecule has 8 nitrogen and oxygen atoms in total. The lowest BCUT2D eigenvalue weighted by Crippen LogP contribution is -2.26. The van der Waals surface area contributed by atoms with Crippen LogP contribution in [0.1, 0.15) is 12.0 Å². The molecular weight excluding hydrogens is 264 g/mol. The van der Waals surface area contributed by atoms with Crippen molar-refractivity contribution < 1.29 is 22.1 Å². The predicted octanol–water partition coefficient (Wildman–Crippen LogP) is -0.132. The number of aromatic nitrogens is 1. The minimum absolute atomic E-state index is 0.375. The van der Waals surface area contributed by atoms with Crippen LogP contribution in [0.5, 0.6) is 0 Å².